The van der Waals surface area contributed by atoms with Crippen molar-refractivity contribution in [3.8, 4) is 17.2 Å². The Morgan fingerprint density at radius 2 is 1.52 bits per heavy atom. The largest absolute Gasteiger partial charge is 0.497 e. The number of sulfonamides is 1. The number of benzene rings is 4. The second-order valence-corrected chi connectivity index (χ2v) is 16.2. The number of hydrogen-bond donors (Lipinski definition) is 3. The van der Waals surface area contributed by atoms with E-state index in [2.05, 4.69) is 46.2 Å². The molecule has 4 unspecified atom stereocenters. The van der Waals surface area contributed by atoms with E-state index in [1.54, 1.807) is 49.6 Å². The fourth-order valence-electron chi connectivity index (χ4n) is 7.16. The van der Waals surface area contributed by atoms with Crippen molar-refractivity contribution in [1.29, 1.82) is 0 Å². The van der Waals surface area contributed by atoms with Crippen LogP contribution in [0, 0.1) is 0 Å². The lowest BCUT2D eigenvalue weighted by Gasteiger charge is -2.39. The molecule has 1 saturated heterocycles. The number of piperidine rings is 1. The molecule has 4 aromatic rings. The van der Waals surface area contributed by atoms with Crippen LogP contribution in [0.4, 0.5) is 0 Å². The summed E-state index contributed by atoms with van der Waals surface area (Å²) < 4.78 is 46.9. The van der Waals surface area contributed by atoms with E-state index in [0.29, 0.717) is 40.3 Å². The molecule has 0 radical (unpaired) electrons. The molecule has 290 valence electrons. The molecular weight excluding hydrogens is 728 g/mol. The monoisotopic (exact) mass is 778 g/mol. The molecule has 2 aliphatic rings. The van der Waals surface area contributed by atoms with Crippen LogP contribution in [0.25, 0.3) is 10.8 Å². The number of nitrogens with one attached hydrogen (secondary N) is 3. The van der Waals surface area contributed by atoms with Crippen molar-refractivity contribution in [2.45, 2.75) is 101 Å². The van der Waals surface area contributed by atoms with Crippen molar-refractivity contribution < 1.29 is 32.2 Å². The molecule has 2 amide bonds. The first-order chi connectivity index (χ1) is 25.4. The number of hydrogen-bond acceptors (Lipinski definition) is 8. The van der Waals surface area contributed by atoms with Gasteiger partial charge in [-0.05, 0) is 104 Å². The molecule has 0 saturated carbocycles. The average Bonchev–Trinajstić information content (AvgIpc) is 3.61. The summed E-state index contributed by atoms with van der Waals surface area (Å²) in [6.07, 6.45) is 3.65. The summed E-state index contributed by atoms with van der Waals surface area (Å²) >= 11 is 0. The summed E-state index contributed by atoms with van der Waals surface area (Å²) in [4.78, 5) is 29.9. The Morgan fingerprint density at radius 3 is 2.22 bits per heavy atom. The van der Waals surface area contributed by atoms with E-state index < -0.39 is 28.0 Å². The highest BCUT2D eigenvalue weighted by atomic mass is 35.5. The predicted octanol–water partition coefficient (Wildman–Crippen LogP) is 6.42. The van der Waals surface area contributed by atoms with Gasteiger partial charge < -0.3 is 24.8 Å². The molecule has 1 fully saturated rings. The predicted molar refractivity (Wildman–Crippen MR) is 212 cm³/mol. The highest BCUT2D eigenvalue weighted by molar-refractivity contribution is 7.89. The fraction of sp³-hybridized carbons (Fsp3) is 0.415. The van der Waals surface area contributed by atoms with Gasteiger partial charge >= 0.3 is 0 Å². The van der Waals surface area contributed by atoms with Crippen molar-refractivity contribution in [2.24, 2.45) is 0 Å². The molecule has 54 heavy (non-hydrogen) atoms. The molecule has 13 heteroatoms. The summed E-state index contributed by atoms with van der Waals surface area (Å²) in [5.41, 5.74) is 2.61. The Morgan fingerprint density at radius 1 is 0.852 bits per heavy atom. The minimum absolute atomic E-state index is 0. The van der Waals surface area contributed by atoms with Gasteiger partial charge in [-0.15, -0.1) is 12.4 Å². The van der Waals surface area contributed by atoms with E-state index in [1.807, 2.05) is 32.0 Å². The smallest absolute Gasteiger partial charge is 0.243 e. The fourth-order valence-corrected chi connectivity index (χ4v) is 8.41. The number of amides is 2. The van der Waals surface area contributed by atoms with Gasteiger partial charge in [0.15, 0.2) is 11.5 Å². The molecule has 3 N–H and O–H groups in total. The van der Waals surface area contributed by atoms with Crippen LogP contribution in [0.3, 0.4) is 0 Å². The van der Waals surface area contributed by atoms with E-state index in [-0.39, 0.29) is 48.9 Å². The number of methoxy groups -OCH3 is 1. The van der Waals surface area contributed by atoms with E-state index in [9.17, 15) is 18.0 Å². The van der Waals surface area contributed by atoms with E-state index in [4.69, 9.17) is 14.2 Å². The van der Waals surface area contributed by atoms with Crippen LogP contribution >= 0.6 is 12.4 Å². The molecule has 0 aromatic heterocycles. The first kappa shape index (κ1) is 40.8. The lowest BCUT2D eigenvalue weighted by molar-refractivity contribution is -0.129. The van der Waals surface area contributed by atoms with Crippen molar-refractivity contribution in [2.75, 3.05) is 13.9 Å². The minimum Gasteiger partial charge on any atom is -0.497 e. The van der Waals surface area contributed by atoms with Crippen LogP contribution in [0.5, 0.6) is 17.2 Å². The number of rotatable bonds is 14. The Kier molecular flexibility index (Phi) is 13.5. The lowest BCUT2D eigenvalue weighted by Crippen LogP contribution is -2.50. The molecular formula is C41H51ClN4O7S. The summed E-state index contributed by atoms with van der Waals surface area (Å²) in [6.45, 7) is 9.20. The standard InChI is InChI=1S/C41H50N4O7S.ClH/c1-26(2)42-41(47)37(19-29-9-11-30(12-10-29)24-45-27(3)7-6-8-28(45)4)43-40(46)23-36(33-15-18-38-39(22-33)52-25-51-38)44-53(48,49)35-17-14-31-20-34(50-5)16-13-32(31)21-35;/h9-18,20-22,26-28,36-37,44H,6-8,19,23-25H2,1-5H3,(H,42,47)(H,43,46);1H. The van der Waals surface area contributed by atoms with E-state index >= 15 is 0 Å². The van der Waals surface area contributed by atoms with Gasteiger partial charge in [0.2, 0.25) is 28.6 Å². The SMILES string of the molecule is COc1ccc2cc(S(=O)(=O)NC(CC(=O)NC(Cc3ccc(CN4C(C)CCCC4C)cc3)C(=O)NC(C)C)c3ccc4c(c3)OCO4)ccc2c1.Cl. The van der Waals surface area contributed by atoms with Crippen molar-refractivity contribution in [1.82, 2.24) is 20.3 Å². The van der Waals surface area contributed by atoms with Crippen LogP contribution in [-0.4, -0.2) is 63.2 Å². The third-order valence-corrected chi connectivity index (χ3v) is 11.6. The van der Waals surface area contributed by atoms with Crippen LogP contribution in [0.2, 0.25) is 0 Å². The lowest BCUT2D eigenvalue weighted by atomic mass is 9.96. The summed E-state index contributed by atoms with van der Waals surface area (Å²) in [6, 6.07) is 22.5. The van der Waals surface area contributed by atoms with Crippen molar-refractivity contribution in [3.05, 3.63) is 95.6 Å². The van der Waals surface area contributed by atoms with Gasteiger partial charge in [0.25, 0.3) is 0 Å². The van der Waals surface area contributed by atoms with Gasteiger partial charge in [0.05, 0.1) is 18.0 Å². The Labute approximate surface area is 324 Å². The van der Waals surface area contributed by atoms with Crippen LogP contribution in [0.15, 0.2) is 83.8 Å². The van der Waals surface area contributed by atoms with Crippen LogP contribution in [-0.2, 0) is 32.6 Å². The first-order valence-electron chi connectivity index (χ1n) is 18.3. The molecule has 2 aliphatic heterocycles. The number of ether oxygens (including phenoxy) is 3. The topological polar surface area (TPSA) is 135 Å². The van der Waals surface area contributed by atoms with E-state index in [1.165, 1.54) is 30.9 Å². The van der Waals surface area contributed by atoms with Gasteiger partial charge in [-0.3, -0.25) is 14.5 Å². The van der Waals surface area contributed by atoms with Gasteiger partial charge in [-0.1, -0.05) is 48.9 Å². The first-order valence-corrected chi connectivity index (χ1v) is 19.8. The van der Waals surface area contributed by atoms with Gasteiger partial charge in [-0.2, -0.15) is 0 Å². The average molecular weight is 779 g/mol. The van der Waals surface area contributed by atoms with Crippen molar-refractivity contribution in [3.63, 3.8) is 0 Å². The third-order valence-electron chi connectivity index (χ3n) is 10.1. The minimum atomic E-state index is -4.12. The van der Waals surface area contributed by atoms with Crippen LogP contribution < -0.4 is 29.6 Å². The quantitative estimate of drug-likeness (QED) is 0.134. The number of carbonyl (C=O) groups excluding carboxylic acids is 2. The maximum Gasteiger partial charge on any atom is 0.243 e. The maximum absolute atomic E-state index is 13.9. The highest BCUT2D eigenvalue weighted by Crippen LogP contribution is 2.35. The highest BCUT2D eigenvalue weighted by Gasteiger charge is 2.29. The third kappa shape index (κ3) is 10.0. The van der Waals surface area contributed by atoms with Crippen molar-refractivity contribution >= 4 is 45.0 Å². The summed E-state index contributed by atoms with van der Waals surface area (Å²) in [7, 11) is -2.55. The molecule has 4 atom stereocenters. The summed E-state index contributed by atoms with van der Waals surface area (Å²) in [5, 5.41) is 7.38. The molecule has 2 heterocycles. The molecule has 6 rings (SSSR count). The zero-order chi connectivity index (χ0) is 37.7. The number of nitrogens with zero attached hydrogens (tertiary/aromatic N) is 1. The molecule has 4 aromatic carbocycles. The second-order valence-electron chi connectivity index (χ2n) is 14.5. The number of fused-ring (bicyclic) bond motifs is 2. The zero-order valence-corrected chi connectivity index (χ0v) is 33.1. The number of carbonyl (C=O) groups is 2. The molecule has 0 aliphatic carbocycles. The summed E-state index contributed by atoms with van der Waals surface area (Å²) in [5.74, 6) is 0.834. The normalized spacial score (nSPS) is 18.1. The Balaban J connectivity index is 0.00000561. The molecule has 0 spiro atoms. The Bertz CT molecular complexity index is 2030. The second kappa shape index (κ2) is 17.9. The van der Waals surface area contributed by atoms with Crippen LogP contribution in [0.1, 0.15) is 76.1 Å². The van der Waals surface area contributed by atoms with Gasteiger partial charge in [0.1, 0.15) is 11.8 Å². The number of likely N-dealkylation sites (tertiary alicyclic amines) is 1. The zero-order valence-electron chi connectivity index (χ0n) is 31.5. The van der Waals surface area contributed by atoms with E-state index in [0.717, 1.165) is 17.5 Å². The number of halogens is 1. The van der Waals surface area contributed by atoms with Gasteiger partial charge in [-0.25, -0.2) is 13.1 Å². The molecule has 0 bridgehead atoms. The van der Waals surface area contributed by atoms with Gasteiger partial charge in [0, 0.05) is 37.5 Å². The Hall–Kier alpha value is -4.36. The molecule has 11 nitrogen and oxygen atoms in total. The maximum atomic E-state index is 13.9.